The zero-order valence-corrected chi connectivity index (χ0v) is 11.5. The molecule has 5 nitrogen and oxygen atoms in total. The van der Waals surface area contributed by atoms with Gasteiger partial charge >= 0.3 is 0 Å². The molecule has 2 rings (SSSR count). The lowest BCUT2D eigenvalue weighted by molar-refractivity contribution is -0.117. The van der Waals surface area contributed by atoms with Crippen LogP contribution in [0.4, 0.5) is 5.13 Å². The van der Waals surface area contributed by atoms with Gasteiger partial charge in [-0.15, -0.1) is 11.3 Å². The normalized spacial score (nSPS) is 20.1. The van der Waals surface area contributed by atoms with E-state index in [-0.39, 0.29) is 11.9 Å². The highest BCUT2D eigenvalue weighted by Gasteiger charge is 2.17. The van der Waals surface area contributed by atoms with Crippen LogP contribution in [0.25, 0.3) is 0 Å². The maximum absolute atomic E-state index is 11.8. The maximum Gasteiger partial charge on any atom is 0.227 e. The third kappa shape index (κ3) is 3.76. The van der Waals surface area contributed by atoms with Gasteiger partial charge in [-0.2, -0.15) is 0 Å². The van der Waals surface area contributed by atoms with E-state index in [4.69, 9.17) is 4.74 Å². The number of amides is 1. The van der Waals surface area contributed by atoms with E-state index >= 15 is 0 Å². The van der Waals surface area contributed by atoms with Crippen molar-refractivity contribution in [1.29, 1.82) is 0 Å². The molecule has 0 radical (unpaired) electrons. The molecular weight excluding hydrogens is 250 g/mol. The third-order valence-electron chi connectivity index (χ3n) is 2.79. The standard InChI is InChI=1S/C12H19N3O2S/c1-8(2)10-7-18-12(14-10)15-11(16)5-9-6-17-4-3-13-9/h7-9,13H,3-6H2,1-2H3,(H,14,15,16). The number of nitrogens with one attached hydrogen (secondary N) is 2. The van der Waals surface area contributed by atoms with E-state index in [1.807, 2.05) is 5.38 Å². The Morgan fingerprint density at radius 3 is 3.17 bits per heavy atom. The zero-order valence-electron chi connectivity index (χ0n) is 10.7. The molecule has 1 aliphatic heterocycles. The first-order valence-corrected chi connectivity index (χ1v) is 7.09. The maximum atomic E-state index is 11.8. The number of carbonyl (C=O) groups excluding carboxylic acids is 1. The smallest absolute Gasteiger partial charge is 0.227 e. The highest BCUT2D eigenvalue weighted by atomic mass is 32.1. The van der Waals surface area contributed by atoms with Crippen molar-refractivity contribution in [1.82, 2.24) is 10.3 Å². The Hall–Kier alpha value is -0.980. The molecule has 1 aromatic heterocycles. The minimum atomic E-state index is -0.0114. The summed E-state index contributed by atoms with van der Waals surface area (Å²) >= 11 is 1.47. The van der Waals surface area contributed by atoms with E-state index in [1.54, 1.807) is 0 Å². The van der Waals surface area contributed by atoms with Crippen molar-refractivity contribution in [2.75, 3.05) is 25.1 Å². The van der Waals surface area contributed by atoms with Crippen molar-refractivity contribution < 1.29 is 9.53 Å². The summed E-state index contributed by atoms with van der Waals surface area (Å²) < 4.78 is 5.31. The predicted octanol–water partition coefficient (Wildman–Crippen LogP) is 1.58. The van der Waals surface area contributed by atoms with Crippen molar-refractivity contribution in [3.63, 3.8) is 0 Å². The molecule has 0 aromatic carbocycles. The van der Waals surface area contributed by atoms with Gasteiger partial charge in [0, 0.05) is 24.4 Å². The molecule has 6 heteroatoms. The Labute approximate surface area is 111 Å². The Morgan fingerprint density at radius 2 is 2.56 bits per heavy atom. The van der Waals surface area contributed by atoms with E-state index < -0.39 is 0 Å². The molecule has 1 aliphatic rings. The number of ether oxygens (including phenoxy) is 1. The Bertz CT molecular complexity index is 400. The van der Waals surface area contributed by atoms with Crippen molar-refractivity contribution in [3.8, 4) is 0 Å². The first-order valence-electron chi connectivity index (χ1n) is 6.21. The number of nitrogens with zero attached hydrogens (tertiary/aromatic N) is 1. The van der Waals surface area contributed by atoms with Crippen LogP contribution >= 0.6 is 11.3 Å². The average Bonchev–Trinajstić information content (AvgIpc) is 2.78. The van der Waals surface area contributed by atoms with Crippen LogP contribution in [0.15, 0.2) is 5.38 Å². The molecule has 18 heavy (non-hydrogen) atoms. The second kappa shape index (κ2) is 6.26. The topological polar surface area (TPSA) is 63.2 Å². The average molecular weight is 269 g/mol. The molecule has 0 saturated carbocycles. The Morgan fingerprint density at radius 1 is 1.72 bits per heavy atom. The van der Waals surface area contributed by atoms with E-state index in [0.29, 0.717) is 24.1 Å². The lowest BCUT2D eigenvalue weighted by atomic mass is 10.2. The summed E-state index contributed by atoms with van der Waals surface area (Å²) in [4.78, 5) is 16.2. The first kappa shape index (κ1) is 13.5. The summed E-state index contributed by atoms with van der Waals surface area (Å²) in [5.74, 6) is 0.378. The second-order valence-electron chi connectivity index (χ2n) is 4.71. The highest BCUT2D eigenvalue weighted by Crippen LogP contribution is 2.21. The first-order chi connectivity index (χ1) is 8.65. The minimum absolute atomic E-state index is 0.0114. The van der Waals surface area contributed by atoms with Gasteiger partial charge in [-0.3, -0.25) is 4.79 Å². The molecule has 2 heterocycles. The van der Waals surface area contributed by atoms with Crippen molar-refractivity contribution >= 4 is 22.4 Å². The molecule has 2 N–H and O–H groups in total. The van der Waals surface area contributed by atoms with Crippen LogP contribution in [0.1, 0.15) is 31.9 Å². The minimum Gasteiger partial charge on any atom is -0.378 e. The fourth-order valence-electron chi connectivity index (χ4n) is 1.75. The molecule has 1 amide bonds. The number of aromatic nitrogens is 1. The van der Waals surface area contributed by atoms with Crippen LogP contribution < -0.4 is 10.6 Å². The molecule has 0 spiro atoms. The van der Waals surface area contributed by atoms with Gasteiger partial charge in [-0.05, 0) is 5.92 Å². The molecule has 0 bridgehead atoms. The van der Waals surface area contributed by atoms with E-state index in [2.05, 4.69) is 29.5 Å². The number of morpholine rings is 1. The fourth-order valence-corrected chi connectivity index (χ4v) is 2.64. The van der Waals surface area contributed by atoms with Crippen LogP contribution in [0, 0.1) is 0 Å². The largest absolute Gasteiger partial charge is 0.378 e. The van der Waals surface area contributed by atoms with E-state index in [0.717, 1.165) is 18.8 Å². The lowest BCUT2D eigenvalue weighted by Gasteiger charge is -2.22. The van der Waals surface area contributed by atoms with Crippen LogP contribution in [0.2, 0.25) is 0 Å². The van der Waals surface area contributed by atoms with Gasteiger partial charge < -0.3 is 15.4 Å². The van der Waals surface area contributed by atoms with Gasteiger partial charge in [0.15, 0.2) is 5.13 Å². The number of thiazole rings is 1. The number of hydrogen-bond acceptors (Lipinski definition) is 5. The summed E-state index contributed by atoms with van der Waals surface area (Å²) in [7, 11) is 0. The summed E-state index contributed by atoms with van der Waals surface area (Å²) in [5, 5.41) is 8.76. The molecule has 1 atom stereocenters. The van der Waals surface area contributed by atoms with Gasteiger partial charge in [0.05, 0.1) is 18.9 Å². The summed E-state index contributed by atoms with van der Waals surface area (Å²) in [6, 6.07) is 0.114. The predicted molar refractivity (Wildman–Crippen MR) is 72.1 cm³/mol. The molecule has 1 saturated heterocycles. The lowest BCUT2D eigenvalue weighted by Crippen LogP contribution is -2.43. The van der Waals surface area contributed by atoms with Crippen LogP contribution in [0.5, 0.6) is 0 Å². The van der Waals surface area contributed by atoms with E-state index in [1.165, 1.54) is 11.3 Å². The van der Waals surface area contributed by atoms with Crippen molar-refractivity contribution in [3.05, 3.63) is 11.1 Å². The SMILES string of the molecule is CC(C)c1csc(NC(=O)CC2COCCN2)n1. The number of anilines is 1. The van der Waals surface area contributed by atoms with Crippen LogP contribution in [-0.2, 0) is 9.53 Å². The summed E-state index contributed by atoms with van der Waals surface area (Å²) in [5.41, 5.74) is 1.02. The molecule has 1 unspecified atom stereocenters. The van der Waals surface area contributed by atoms with E-state index in [9.17, 15) is 4.79 Å². The highest BCUT2D eigenvalue weighted by molar-refractivity contribution is 7.13. The Kier molecular flexibility index (Phi) is 4.68. The van der Waals surface area contributed by atoms with Gasteiger partial charge in [0.2, 0.25) is 5.91 Å². The fraction of sp³-hybridized carbons (Fsp3) is 0.667. The third-order valence-corrected chi connectivity index (χ3v) is 3.57. The van der Waals surface area contributed by atoms with Gasteiger partial charge in [-0.1, -0.05) is 13.8 Å². The Balaban J connectivity index is 1.82. The van der Waals surface area contributed by atoms with Crippen molar-refractivity contribution in [2.45, 2.75) is 32.2 Å². The molecule has 1 fully saturated rings. The van der Waals surface area contributed by atoms with Gasteiger partial charge in [0.25, 0.3) is 0 Å². The summed E-state index contributed by atoms with van der Waals surface area (Å²) in [6.45, 7) is 6.31. The molecular formula is C12H19N3O2S. The van der Waals surface area contributed by atoms with Gasteiger partial charge in [0.1, 0.15) is 0 Å². The number of rotatable bonds is 4. The molecule has 0 aliphatic carbocycles. The molecule has 1 aromatic rings. The van der Waals surface area contributed by atoms with Gasteiger partial charge in [-0.25, -0.2) is 4.98 Å². The monoisotopic (exact) mass is 269 g/mol. The second-order valence-corrected chi connectivity index (χ2v) is 5.57. The van der Waals surface area contributed by atoms with Crippen LogP contribution in [-0.4, -0.2) is 36.7 Å². The quantitative estimate of drug-likeness (QED) is 0.871. The zero-order chi connectivity index (χ0) is 13.0. The summed E-state index contributed by atoms with van der Waals surface area (Å²) in [6.07, 6.45) is 0.427. The van der Waals surface area contributed by atoms with Crippen LogP contribution in [0.3, 0.4) is 0 Å². The molecule has 100 valence electrons. The van der Waals surface area contributed by atoms with Crippen molar-refractivity contribution in [2.24, 2.45) is 0 Å². The number of hydrogen-bond donors (Lipinski definition) is 2. The number of carbonyl (C=O) groups is 1.